The predicted octanol–water partition coefficient (Wildman–Crippen LogP) is 23.5. The molecule has 0 N–H and O–H groups in total. The highest BCUT2D eigenvalue weighted by Gasteiger charge is 2.19. The van der Waals surface area contributed by atoms with Crippen molar-refractivity contribution >= 4 is 17.9 Å². The average molecular weight is 1090 g/mol. The molecule has 0 bridgehead atoms. The summed E-state index contributed by atoms with van der Waals surface area (Å²) in [6, 6.07) is 0. The van der Waals surface area contributed by atoms with Crippen molar-refractivity contribution in [3.05, 3.63) is 60.8 Å². The molecule has 6 nitrogen and oxygen atoms in total. The van der Waals surface area contributed by atoms with Gasteiger partial charge >= 0.3 is 17.9 Å². The Morgan fingerprint density at radius 3 is 0.846 bits per heavy atom. The summed E-state index contributed by atoms with van der Waals surface area (Å²) in [5, 5.41) is 0. The summed E-state index contributed by atoms with van der Waals surface area (Å²) in [5.41, 5.74) is 0. The van der Waals surface area contributed by atoms with E-state index in [0.29, 0.717) is 19.3 Å². The second kappa shape index (κ2) is 66.6. The molecule has 1 atom stereocenters. The zero-order chi connectivity index (χ0) is 56.4. The van der Waals surface area contributed by atoms with Crippen LogP contribution >= 0.6 is 0 Å². The molecule has 0 saturated carbocycles. The van der Waals surface area contributed by atoms with Crippen molar-refractivity contribution in [2.75, 3.05) is 13.2 Å². The Labute approximate surface area is 485 Å². The Bertz CT molecular complexity index is 1390. The molecule has 0 saturated heterocycles. The zero-order valence-electron chi connectivity index (χ0n) is 52.2. The minimum Gasteiger partial charge on any atom is -0.462 e. The number of carbonyl (C=O) groups excluding carboxylic acids is 3. The van der Waals surface area contributed by atoms with E-state index in [0.717, 1.165) is 70.6 Å². The molecule has 0 heterocycles. The summed E-state index contributed by atoms with van der Waals surface area (Å²) in [4.78, 5) is 38.2. The van der Waals surface area contributed by atoms with Gasteiger partial charge < -0.3 is 14.2 Å². The number of hydrogen-bond donors (Lipinski definition) is 0. The van der Waals surface area contributed by atoms with Crippen LogP contribution in [-0.2, 0) is 28.6 Å². The van der Waals surface area contributed by atoms with Crippen LogP contribution < -0.4 is 0 Å². The van der Waals surface area contributed by atoms with E-state index in [-0.39, 0.29) is 37.5 Å². The van der Waals surface area contributed by atoms with E-state index in [4.69, 9.17) is 14.2 Å². The number of unbranched alkanes of at least 4 members (excludes halogenated alkanes) is 42. The molecule has 0 radical (unpaired) electrons. The Balaban J connectivity index is 4.06. The second-order valence-corrected chi connectivity index (χ2v) is 23.1. The molecule has 0 aromatic heterocycles. The highest BCUT2D eigenvalue weighted by Crippen LogP contribution is 2.18. The monoisotopic (exact) mass is 1090 g/mol. The highest BCUT2D eigenvalue weighted by molar-refractivity contribution is 5.71. The first-order valence-corrected chi connectivity index (χ1v) is 34.3. The molecule has 0 aliphatic carbocycles. The van der Waals surface area contributed by atoms with Gasteiger partial charge in [0.15, 0.2) is 6.10 Å². The van der Waals surface area contributed by atoms with Gasteiger partial charge in [-0.3, -0.25) is 14.4 Å². The lowest BCUT2D eigenvalue weighted by Gasteiger charge is -2.18. The number of esters is 3. The van der Waals surface area contributed by atoms with E-state index in [1.165, 1.54) is 244 Å². The van der Waals surface area contributed by atoms with Crippen LogP contribution in [0.15, 0.2) is 60.8 Å². The van der Waals surface area contributed by atoms with Gasteiger partial charge in [-0.15, -0.1) is 0 Å². The van der Waals surface area contributed by atoms with E-state index in [1.807, 2.05) is 6.08 Å². The molecular formula is C72H130O6. The van der Waals surface area contributed by atoms with Crippen LogP contribution in [0.4, 0.5) is 0 Å². The van der Waals surface area contributed by atoms with Gasteiger partial charge in [0, 0.05) is 19.3 Å². The molecular weight excluding hydrogens is 961 g/mol. The number of ether oxygens (including phenoxy) is 3. The van der Waals surface area contributed by atoms with Gasteiger partial charge in [-0.2, -0.15) is 0 Å². The van der Waals surface area contributed by atoms with Crippen LogP contribution in [0.25, 0.3) is 0 Å². The smallest absolute Gasteiger partial charge is 0.306 e. The van der Waals surface area contributed by atoms with E-state index in [1.54, 1.807) is 0 Å². The normalized spacial score (nSPS) is 12.4. The Kier molecular flexibility index (Phi) is 64.2. The SMILES string of the molecule is CC/C=C\C/C=C\C/C=C\C/C=C\CCC(=O)OC(COC(=O)CCCCCCC/C=C\CCCCCC)COC(=O)CCCCCCCCCCCCCCCCCCCCCCCCCCCCCCCCCCCC. The molecule has 78 heavy (non-hydrogen) atoms. The lowest BCUT2D eigenvalue weighted by molar-refractivity contribution is -0.166. The van der Waals surface area contributed by atoms with Crippen LogP contribution in [0.2, 0.25) is 0 Å². The molecule has 454 valence electrons. The van der Waals surface area contributed by atoms with Crippen molar-refractivity contribution in [1.29, 1.82) is 0 Å². The van der Waals surface area contributed by atoms with Gasteiger partial charge in [-0.05, 0) is 70.6 Å². The quantitative estimate of drug-likeness (QED) is 0.0261. The van der Waals surface area contributed by atoms with Gasteiger partial charge in [0.05, 0.1) is 0 Å². The van der Waals surface area contributed by atoms with E-state index in [2.05, 4.69) is 75.5 Å². The number of carbonyl (C=O) groups is 3. The van der Waals surface area contributed by atoms with Crippen LogP contribution in [0.3, 0.4) is 0 Å². The summed E-state index contributed by atoms with van der Waals surface area (Å²) in [6.45, 7) is 6.48. The number of hydrogen-bond acceptors (Lipinski definition) is 6. The summed E-state index contributed by atoms with van der Waals surface area (Å²) in [5.74, 6) is -0.979. The van der Waals surface area contributed by atoms with Crippen LogP contribution in [-0.4, -0.2) is 37.2 Å². The van der Waals surface area contributed by atoms with Gasteiger partial charge in [-0.25, -0.2) is 0 Å². The minimum absolute atomic E-state index is 0.103. The van der Waals surface area contributed by atoms with Crippen LogP contribution in [0, 0.1) is 0 Å². The standard InChI is InChI=1S/C72H130O6/c1-4-7-10-13-16-19-22-25-26-27-28-29-30-31-32-33-34-35-36-37-38-39-40-41-42-43-44-45-48-50-53-56-59-62-65-71(74)77-68-69(78-72(75)66-63-60-57-54-51-47-24-21-18-15-12-9-6-3)67-76-70(73)64-61-58-55-52-49-46-23-20-17-14-11-8-5-2/h9,12,18,20-21,23,47,51,57,60,69H,4-8,10-11,13-17,19,22,24-46,48-50,52-56,58-59,61-68H2,1-3H3/b12-9-,21-18-,23-20-,51-47-,60-57-. The number of allylic oxidation sites excluding steroid dienone is 10. The summed E-state index contributed by atoms with van der Waals surface area (Å²) in [7, 11) is 0. The molecule has 0 spiro atoms. The Morgan fingerprint density at radius 2 is 0.526 bits per heavy atom. The maximum Gasteiger partial charge on any atom is 0.306 e. The van der Waals surface area contributed by atoms with Crippen molar-refractivity contribution in [2.45, 2.75) is 367 Å². The van der Waals surface area contributed by atoms with Crippen molar-refractivity contribution < 1.29 is 28.6 Å². The molecule has 0 amide bonds. The molecule has 0 aliphatic heterocycles. The summed E-state index contributed by atoms with van der Waals surface area (Å²) < 4.78 is 16.8. The molecule has 0 aromatic carbocycles. The molecule has 1 unspecified atom stereocenters. The molecule has 0 fully saturated rings. The topological polar surface area (TPSA) is 78.9 Å². The van der Waals surface area contributed by atoms with Crippen molar-refractivity contribution in [2.24, 2.45) is 0 Å². The molecule has 6 heteroatoms. The lowest BCUT2D eigenvalue weighted by Crippen LogP contribution is -2.30. The predicted molar refractivity (Wildman–Crippen MR) is 339 cm³/mol. The van der Waals surface area contributed by atoms with Gasteiger partial charge in [0.1, 0.15) is 13.2 Å². The van der Waals surface area contributed by atoms with Crippen LogP contribution in [0.5, 0.6) is 0 Å². The van der Waals surface area contributed by atoms with Crippen LogP contribution in [0.1, 0.15) is 361 Å². The van der Waals surface area contributed by atoms with Crippen molar-refractivity contribution in [3.63, 3.8) is 0 Å². The largest absolute Gasteiger partial charge is 0.462 e. The first kappa shape index (κ1) is 75.1. The average Bonchev–Trinajstić information content (AvgIpc) is 3.44. The highest BCUT2D eigenvalue weighted by atomic mass is 16.6. The first-order valence-electron chi connectivity index (χ1n) is 34.3. The fourth-order valence-corrected chi connectivity index (χ4v) is 10.2. The third-order valence-electron chi connectivity index (χ3n) is 15.3. The molecule has 0 aliphatic rings. The van der Waals surface area contributed by atoms with Gasteiger partial charge in [-0.1, -0.05) is 332 Å². The maximum absolute atomic E-state index is 12.8. The fourth-order valence-electron chi connectivity index (χ4n) is 10.2. The minimum atomic E-state index is -0.814. The molecule has 0 aromatic rings. The Hall–Kier alpha value is -2.89. The third kappa shape index (κ3) is 63.9. The van der Waals surface area contributed by atoms with Crippen molar-refractivity contribution in [3.8, 4) is 0 Å². The number of rotatable bonds is 63. The maximum atomic E-state index is 12.8. The Morgan fingerprint density at radius 1 is 0.269 bits per heavy atom. The van der Waals surface area contributed by atoms with E-state index < -0.39 is 6.10 Å². The third-order valence-corrected chi connectivity index (χ3v) is 15.3. The van der Waals surface area contributed by atoms with E-state index >= 15 is 0 Å². The summed E-state index contributed by atoms with van der Waals surface area (Å²) in [6.07, 6.45) is 85.9. The van der Waals surface area contributed by atoms with Crippen molar-refractivity contribution in [1.82, 2.24) is 0 Å². The second-order valence-electron chi connectivity index (χ2n) is 23.1. The zero-order valence-corrected chi connectivity index (χ0v) is 52.2. The summed E-state index contributed by atoms with van der Waals surface area (Å²) >= 11 is 0. The lowest BCUT2D eigenvalue weighted by atomic mass is 10.0. The molecule has 0 rings (SSSR count). The fraction of sp³-hybridized carbons (Fsp3) is 0.819. The van der Waals surface area contributed by atoms with Gasteiger partial charge in [0.25, 0.3) is 0 Å². The van der Waals surface area contributed by atoms with Gasteiger partial charge in [0.2, 0.25) is 0 Å². The first-order chi connectivity index (χ1) is 38.5. The van der Waals surface area contributed by atoms with E-state index in [9.17, 15) is 14.4 Å².